The fourth-order valence-corrected chi connectivity index (χ4v) is 2.68. The average molecular weight is 274 g/mol. The minimum absolute atomic E-state index is 0.888. The molecular formula is C20H18O. The Morgan fingerprint density at radius 2 is 1.86 bits per heavy atom. The molecule has 1 heteroatoms. The zero-order valence-electron chi connectivity index (χ0n) is 12.4. The molecule has 1 aromatic heterocycles. The third kappa shape index (κ3) is 2.31. The fourth-order valence-electron chi connectivity index (χ4n) is 2.68. The maximum atomic E-state index is 6.11. The molecule has 0 saturated heterocycles. The highest BCUT2D eigenvalue weighted by atomic mass is 16.3. The van der Waals surface area contributed by atoms with Gasteiger partial charge < -0.3 is 4.42 Å². The minimum atomic E-state index is 0.888. The lowest BCUT2D eigenvalue weighted by Gasteiger charge is -1.99. The molecule has 0 unspecified atom stereocenters. The van der Waals surface area contributed by atoms with Crippen molar-refractivity contribution in [2.24, 2.45) is 0 Å². The zero-order chi connectivity index (χ0) is 14.8. The molecule has 0 saturated carbocycles. The summed E-state index contributed by atoms with van der Waals surface area (Å²) in [6.45, 7) is 8.11. The van der Waals surface area contributed by atoms with Gasteiger partial charge in [0.25, 0.3) is 0 Å². The van der Waals surface area contributed by atoms with Gasteiger partial charge in [0.2, 0.25) is 0 Å². The van der Waals surface area contributed by atoms with E-state index in [-0.39, 0.29) is 0 Å². The van der Waals surface area contributed by atoms with Gasteiger partial charge in [-0.25, -0.2) is 0 Å². The van der Waals surface area contributed by atoms with Gasteiger partial charge in [0.05, 0.1) is 0 Å². The number of benzene rings is 2. The largest absolute Gasteiger partial charge is 0.455 e. The average Bonchev–Trinajstić information content (AvgIpc) is 2.86. The summed E-state index contributed by atoms with van der Waals surface area (Å²) >= 11 is 0. The molecule has 1 heterocycles. The molecule has 0 amide bonds. The Morgan fingerprint density at radius 3 is 2.52 bits per heavy atom. The summed E-state index contributed by atoms with van der Waals surface area (Å²) in [6, 6.07) is 16.5. The fraction of sp³-hybridized carbons (Fsp3) is 0.100. The van der Waals surface area contributed by atoms with Crippen LogP contribution in [0.5, 0.6) is 0 Å². The van der Waals surface area contributed by atoms with Gasteiger partial charge in [0.15, 0.2) is 0 Å². The summed E-state index contributed by atoms with van der Waals surface area (Å²) in [7, 11) is 0. The molecular weight excluding hydrogens is 256 g/mol. The molecule has 104 valence electrons. The van der Waals surface area contributed by atoms with Crippen LogP contribution < -0.4 is 10.6 Å². The van der Waals surface area contributed by atoms with Crippen molar-refractivity contribution in [2.45, 2.75) is 13.8 Å². The lowest BCUT2D eigenvalue weighted by molar-refractivity contribution is 0.573. The molecule has 0 spiro atoms. The molecule has 2 aromatic carbocycles. The highest BCUT2D eigenvalue weighted by Crippen LogP contribution is 2.15. The molecule has 0 fully saturated rings. The summed E-state index contributed by atoms with van der Waals surface area (Å²) in [4.78, 5) is 0. The van der Waals surface area contributed by atoms with E-state index < -0.39 is 0 Å². The Hall–Kier alpha value is -2.54. The predicted molar refractivity (Wildman–Crippen MR) is 89.5 cm³/mol. The van der Waals surface area contributed by atoms with Crippen LogP contribution in [-0.4, -0.2) is 0 Å². The van der Waals surface area contributed by atoms with Crippen LogP contribution >= 0.6 is 0 Å². The Balaban J connectivity index is 2.49. The third-order valence-electron chi connectivity index (χ3n) is 3.70. The van der Waals surface area contributed by atoms with Crippen molar-refractivity contribution in [3.63, 3.8) is 0 Å². The Labute approximate surface area is 124 Å². The van der Waals surface area contributed by atoms with Crippen molar-refractivity contribution in [1.82, 2.24) is 0 Å². The van der Waals surface area contributed by atoms with E-state index in [1.807, 2.05) is 37.3 Å². The van der Waals surface area contributed by atoms with Crippen molar-refractivity contribution >= 4 is 22.6 Å². The Bertz CT molecular complexity index is 912. The van der Waals surface area contributed by atoms with Crippen molar-refractivity contribution < 1.29 is 4.42 Å². The highest BCUT2D eigenvalue weighted by Gasteiger charge is 2.07. The molecule has 0 aliphatic heterocycles. The topological polar surface area (TPSA) is 13.1 Å². The van der Waals surface area contributed by atoms with E-state index in [1.54, 1.807) is 0 Å². The first-order valence-corrected chi connectivity index (χ1v) is 7.12. The van der Waals surface area contributed by atoms with E-state index in [0.29, 0.717) is 0 Å². The third-order valence-corrected chi connectivity index (χ3v) is 3.70. The van der Waals surface area contributed by atoms with Crippen LogP contribution in [0.1, 0.15) is 18.1 Å². The molecule has 0 atom stereocenters. The van der Waals surface area contributed by atoms with Crippen molar-refractivity contribution in [3.8, 4) is 0 Å². The lowest BCUT2D eigenvalue weighted by Crippen LogP contribution is -2.22. The van der Waals surface area contributed by atoms with Gasteiger partial charge in [-0.3, -0.25) is 0 Å². The maximum Gasteiger partial charge on any atom is 0.142 e. The Kier molecular flexibility index (Phi) is 3.49. The summed E-state index contributed by atoms with van der Waals surface area (Å²) in [6.07, 6.45) is 3.97. The van der Waals surface area contributed by atoms with Gasteiger partial charge in [-0.2, -0.15) is 0 Å². The SMILES string of the molecule is C=C/C(c1ccccc1)=c1/oc2ccc(C)cc2/c1=C/C. The van der Waals surface area contributed by atoms with Crippen LogP contribution in [0.4, 0.5) is 0 Å². The van der Waals surface area contributed by atoms with Gasteiger partial charge in [0.1, 0.15) is 11.0 Å². The van der Waals surface area contributed by atoms with Crippen LogP contribution in [-0.2, 0) is 0 Å². The number of fused-ring (bicyclic) bond motifs is 1. The van der Waals surface area contributed by atoms with Crippen LogP contribution in [0.3, 0.4) is 0 Å². The molecule has 0 aliphatic carbocycles. The molecule has 0 bridgehead atoms. The molecule has 0 radical (unpaired) electrons. The normalized spacial score (nSPS) is 13.5. The molecule has 0 aliphatic rings. The van der Waals surface area contributed by atoms with E-state index >= 15 is 0 Å². The van der Waals surface area contributed by atoms with E-state index in [0.717, 1.165) is 32.7 Å². The van der Waals surface area contributed by atoms with E-state index in [2.05, 4.69) is 43.8 Å². The molecule has 3 rings (SSSR count). The summed E-state index contributed by atoms with van der Waals surface area (Å²) in [5.74, 6) is 0. The minimum Gasteiger partial charge on any atom is -0.455 e. The second-order valence-corrected chi connectivity index (χ2v) is 5.12. The van der Waals surface area contributed by atoms with Gasteiger partial charge >= 0.3 is 0 Å². The van der Waals surface area contributed by atoms with E-state index in [1.165, 1.54) is 5.56 Å². The number of rotatable bonds is 2. The number of furan rings is 1. The molecule has 3 aromatic rings. The second-order valence-electron chi connectivity index (χ2n) is 5.12. The first-order chi connectivity index (χ1) is 10.2. The van der Waals surface area contributed by atoms with E-state index in [9.17, 15) is 0 Å². The quantitative estimate of drug-likeness (QED) is 0.690. The predicted octanol–water partition coefficient (Wildman–Crippen LogP) is 3.93. The number of allylic oxidation sites excluding steroid dienone is 1. The number of hydrogen-bond acceptors (Lipinski definition) is 1. The first-order valence-electron chi connectivity index (χ1n) is 7.12. The van der Waals surface area contributed by atoms with Crippen molar-refractivity contribution in [2.75, 3.05) is 0 Å². The van der Waals surface area contributed by atoms with Gasteiger partial charge in [-0.15, -0.1) is 0 Å². The second kappa shape index (κ2) is 5.45. The molecule has 21 heavy (non-hydrogen) atoms. The summed E-state index contributed by atoms with van der Waals surface area (Å²) < 4.78 is 6.11. The van der Waals surface area contributed by atoms with Crippen LogP contribution in [0.25, 0.3) is 22.6 Å². The van der Waals surface area contributed by atoms with Crippen molar-refractivity contribution in [3.05, 3.63) is 82.9 Å². The monoisotopic (exact) mass is 274 g/mol. The van der Waals surface area contributed by atoms with Gasteiger partial charge in [-0.05, 0) is 31.5 Å². The van der Waals surface area contributed by atoms with Crippen molar-refractivity contribution in [1.29, 1.82) is 0 Å². The maximum absolute atomic E-state index is 6.11. The summed E-state index contributed by atoms with van der Waals surface area (Å²) in [5, 5.41) is 2.29. The van der Waals surface area contributed by atoms with Gasteiger partial charge in [0, 0.05) is 16.2 Å². The van der Waals surface area contributed by atoms with Gasteiger partial charge in [-0.1, -0.05) is 60.7 Å². The highest BCUT2D eigenvalue weighted by molar-refractivity contribution is 5.82. The molecule has 0 N–H and O–H groups in total. The smallest absolute Gasteiger partial charge is 0.142 e. The number of aryl methyl sites for hydroxylation is 1. The number of hydrogen-bond donors (Lipinski definition) is 0. The van der Waals surface area contributed by atoms with Crippen LogP contribution in [0, 0.1) is 6.92 Å². The molecule has 1 nitrogen and oxygen atoms in total. The first kappa shape index (κ1) is 13.4. The Morgan fingerprint density at radius 1 is 1.10 bits per heavy atom. The summed E-state index contributed by atoms with van der Waals surface area (Å²) in [5.41, 5.74) is 5.18. The van der Waals surface area contributed by atoms with Crippen LogP contribution in [0.15, 0.2) is 65.6 Å². The van der Waals surface area contributed by atoms with Crippen LogP contribution in [0.2, 0.25) is 0 Å². The standard InChI is InChI=1S/C20H18O/c1-4-16(15-9-7-6-8-10-15)20-17(5-2)18-13-14(3)11-12-19(18)21-20/h4-13H,1H2,2-3H3/b17-5-,20-16-. The zero-order valence-corrected chi connectivity index (χ0v) is 12.4. The lowest BCUT2D eigenvalue weighted by atomic mass is 10.0. The van der Waals surface area contributed by atoms with E-state index in [4.69, 9.17) is 4.42 Å².